The molecule has 0 unspecified atom stereocenters. The number of methoxy groups -OCH3 is 1. The predicted molar refractivity (Wildman–Crippen MR) is 66.1 cm³/mol. The number of carbonyl (C=O) groups is 1. The van der Waals surface area contributed by atoms with Gasteiger partial charge in [0.05, 0.1) is 13.3 Å². The highest BCUT2D eigenvalue weighted by molar-refractivity contribution is 5.91. The van der Waals surface area contributed by atoms with Gasteiger partial charge in [-0.3, -0.25) is 9.89 Å². The molecule has 0 spiro atoms. The van der Waals surface area contributed by atoms with E-state index in [-0.39, 0.29) is 11.6 Å². The minimum Gasteiger partial charge on any atom is -0.504 e. The molecule has 2 aromatic rings. The van der Waals surface area contributed by atoms with E-state index in [0.29, 0.717) is 11.3 Å². The third-order valence-electron chi connectivity index (χ3n) is 2.21. The number of aromatic nitrogens is 3. The van der Waals surface area contributed by atoms with Gasteiger partial charge in [0.15, 0.2) is 11.5 Å². The molecule has 1 heterocycles. The highest BCUT2D eigenvalue weighted by atomic mass is 16.5. The standard InChI is InChI=1S/C11H11N5O3/c1-19-9-4-7(2-3-8(9)17)5-13-16-11(18)10-12-6-14-15-10/h2-6,17H,1H3,(H,16,18)(H,12,14,15)/b13-5-. The van der Waals surface area contributed by atoms with E-state index in [4.69, 9.17) is 4.74 Å². The van der Waals surface area contributed by atoms with Gasteiger partial charge < -0.3 is 9.84 Å². The maximum Gasteiger partial charge on any atom is 0.308 e. The molecule has 98 valence electrons. The second-order valence-electron chi connectivity index (χ2n) is 3.46. The van der Waals surface area contributed by atoms with Crippen molar-refractivity contribution in [3.63, 3.8) is 0 Å². The molecular formula is C11H11N5O3. The molecule has 0 saturated heterocycles. The SMILES string of the molecule is COc1cc(/C=N\NC(=O)c2ncn[nH]2)ccc1O. The van der Waals surface area contributed by atoms with E-state index in [2.05, 4.69) is 25.7 Å². The first kappa shape index (κ1) is 12.6. The summed E-state index contributed by atoms with van der Waals surface area (Å²) in [7, 11) is 1.45. The van der Waals surface area contributed by atoms with E-state index >= 15 is 0 Å². The lowest BCUT2D eigenvalue weighted by atomic mass is 10.2. The topological polar surface area (TPSA) is 112 Å². The first-order chi connectivity index (χ1) is 9.20. The number of rotatable bonds is 4. The third-order valence-corrected chi connectivity index (χ3v) is 2.21. The molecule has 1 aromatic carbocycles. The van der Waals surface area contributed by atoms with E-state index in [9.17, 15) is 9.90 Å². The van der Waals surface area contributed by atoms with Crippen LogP contribution < -0.4 is 10.2 Å². The largest absolute Gasteiger partial charge is 0.504 e. The van der Waals surface area contributed by atoms with Crippen molar-refractivity contribution in [1.82, 2.24) is 20.6 Å². The quantitative estimate of drug-likeness (QED) is 0.540. The molecular weight excluding hydrogens is 250 g/mol. The molecule has 1 amide bonds. The fourth-order valence-corrected chi connectivity index (χ4v) is 1.31. The van der Waals surface area contributed by atoms with Crippen LogP contribution in [0.25, 0.3) is 0 Å². The molecule has 19 heavy (non-hydrogen) atoms. The zero-order valence-electron chi connectivity index (χ0n) is 9.99. The van der Waals surface area contributed by atoms with Gasteiger partial charge in [0, 0.05) is 0 Å². The number of phenols is 1. The van der Waals surface area contributed by atoms with Crippen molar-refractivity contribution in [2.45, 2.75) is 0 Å². The molecule has 0 radical (unpaired) electrons. The lowest BCUT2D eigenvalue weighted by molar-refractivity contribution is 0.0945. The van der Waals surface area contributed by atoms with E-state index in [1.807, 2.05) is 0 Å². The third kappa shape index (κ3) is 3.06. The molecule has 0 fully saturated rings. The van der Waals surface area contributed by atoms with Crippen molar-refractivity contribution < 1.29 is 14.6 Å². The molecule has 3 N–H and O–H groups in total. The van der Waals surface area contributed by atoms with Gasteiger partial charge >= 0.3 is 5.91 Å². The minimum absolute atomic E-state index is 0.0327. The summed E-state index contributed by atoms with van der Waals surface area (Å²) in [6.07, 6.45) is 2.64. The maximum atomic E-state index is 11.4. The minimum atomic E-state index is -0.500. The number of benzene rings is 1. The predicted octanol–water partition coefficient (Wildman–Crippen LogP) is 0.283. The van der Waals surface area contributed by atoms with E-state index < -0.39 is 5.91 Å². The van der Waals surface area contributed by atoms with Crippen LogP contribution in [0.3, 0.4) is 0 Å². The molecule has 0 atom stereocenters. The van der Waals surface area contributed by atoms with Crippen molar-refractivity contribution in [2.75, 3.05) is 7.11 Å². The molecule has 0 aliphatic rings. The second-order valence-corrected chi connectivity index (χ2v) is 3.46. The van der Waals surface area contributed by atoms with E-state index in [0.717, 1.165) is 0 Å². The zero-order chi connectivity index (χ0) is 13.7. The maximum absolute atomic E-state index is 11.4. The second kappa shape index (κ2) is 5.63. The van der Waals surface area contributed by atoms with Crippen LogP contribution >= 0.6 is 0 Å². The summed E-state index contributed by atoms with van der Waals surface area (Å²) in [5.74, 6) is -0.0733. The first-order valence-electron chi connectivity index (χ1n) is 5.26. The van der Waals surface area contributed by atoms with Crippen molar-refractivity contribution >= 4 is 12.1 Å². The number of aromatic hydroxyl groups is 1. The molecule has 1 aromatic heterocycles. The van der Waals surface area contributed by atoms with Crippen LogP contribution in [0.1, 0.15) is 16.2 Å². The van der Waals surface area contributed by atoms with Gasteiger partial charge in [-0.2, -0.15) is 10.2 Å². The van der Waals surface area contributed by atoms with Gasteiger partial charge in [-0.05, 0) is 23.8 Å². The Bertz CT molecular complexity index is 594. The highest BCUT2D eigenvalue weighted by Crippen LogP contribution is 2.25. The normalized spacial score (nSPS) is 10.6. The van der Waals surface area contributed by atoms with Crippen LogP contribution in [0.5, 0.6) is 11.5 Å². The summed E-state index contributed by atoms with van der Waals surface area (Å²) in [4.78, 5) is 15.1. The average molecular weight is 261 g/mol. The number of carbonyl (C=O) groups excluding carboxylic acids is 1. The molecule has 0 saturated carbocycles. The Kier molecular flexibility index (Phi) is 3.72. The fourth-order valence-electron chi connectivity index (χ4n) is 1.31. The van der Waals surface area contributed by atoms with E-state index in [1.165, 1.54) is 25.7 Å². The van der Waals surface area contributed by atoms with Gasteiger partial charge in [0.2, 0.25) is 5.82 Å². The average Bonchev–Trinajstić information content (AvgIpc) is 2.94. The van der Waals surface area contributed by atoms with Crippen molar-refractivity contribution in [3.05, 3.63) is 35.9 Å². The molecule has 0 aliphatic heterocycles. The number of amides is 1. The highest BCUT2D eigenvalue weighted by Gasteiger charge is 2.06. The van der Waals surface area contributed by atoms with E-state index in [1.54, 1.807) is 12.1 Å². The molecule has 8 nitrogen and oxygen atoms in total. The Hall–Kier alpha value is -2.90. The van der Waals surface area contributed by atoms with Gasteiger partial charge in [0.1, 0.15) is 6.33 Å². The fraction of sp³-hybridized carbons (Fsp3) is 0.0909. The summed E-state index contributed by atoms with van der Waals surface area (Å²) in [5.41, 5.74) is 2.94. The lowest BCUT2D eigenvalue weighted by Crippen LogP contribution is -2.19. The van der Waals surface area contributed by atoms with Crippen molar-refractivity contribution in [1.29, 1.82) is 0 Å². The summed E-state index contributed by atoms with van der Waals surface area (Å²) in [6, 6.07) is 4.68. The van der Waals surface area contributed by atoms with Crippen LogP contribution in [0.15, 0.2) is 29.6 Å². The zero-order valence-corrected chi connectivity index (χ0v) is 9.99. The van der Waals surface area contributed by atoms with Crippen molar-refractivity contribution in [2.24, 2.45) is 5.10 Å². The smallest absolute Gasteiger partial charge is 0.308 e. The first-order valence-corrected chi connectivity index (χ1v) is 5.26. The van der Waals surface area contributed by atoms with Crippen LogP contribution in [0, 0.1) is 0 Å². The number of ether oxygens (including phenoxy) is 1. The Morgan fingerprint density at radius 2 is 2.42 bits per heavy atom. The number of phenolic OH excluding ortho intramolecular Hbond substituents is 1. The molecule has 0 bridgehead atoms. The van der Waals surface area contributed by atoms with Gasteiger partial charge in [0.25, 0.3) is 0 Å². The lowest BCUT2D eigenvalue weighted by Gasteiger charge is -2.03. The molecule has 8 heteroatoms. The van der Waals surface area contributed by atoms with Crippen LogP contribution in [0.4, 0.5) is 0 Å². The monoisotopic (exact) mass is 261 g/mol. The number of nitrogens with zero attached hydrogens (tertiary/aromatic N) is 3. The number of nitrogens with one attached hydrogen (secondary N) is 2. The summed E-state index contributed by atoms with van der Waals surface area (Å²) < 4.78 is 4.95. The Morgan fingerprint density at radius 3 is 3.11 bits per heavy atom. The molecule has 2 rings (SSSR count). The number of hydrogen-bond acceptors (Lipinski definition) is 6. The van der Waals surface area contributed by atoms with Gasteiger partial charge in [-0.25, -0.2) is 10.4 Å². The summed E-state index contributed by atoms with van der Waals surface area (Å²) >= 11 is 0. The Labute approximate surface area is 108 Å². The number of aromatic amines is 1. The Morgan fingerprint density at radius 1 is 1.58 bits per heavy atom. The van der Waals surface area contributed by atoms with Crippen molar-refractivity contribution in [3.8, 4) is 11.5 Å². The number of hydrazone groups is 1. The Balaban J connectivity index is 2.01. The van der Waals surface area contributed by atoms with Gasteiger partial charge in [-0.15, -0.1) is 0 Å². The van der Waals surface area contributed by atoms with Crippen LogP contribution in [-0.2, 0) is 0 Å². The number of hydrogen-bond donors (Lipinski definition) is 3. The van der Waals surface area contributed by atoms with Crippen LogP contribution in [-0.4, -0.2) is 39.5 Å². The summed E-state index contributed by atoms with van der Waals surface area (Å²) in [5, 5.41) is 19.1. The number of H-pyrrole nitrogens is 1. The van der Waals surface area contributed by atoms with Gasteiger partial charge in [-0.1, -0.05) is 0 Å². The van der Waals surface area contributed by atoms with Crippen LogP contribution in [0.2, 0.25) is 0 Å². The molecule has 0 aliphatic carbocycles. The summed E-state index contributed by atoms with van der Waals surface area (Å²) in [6.45, 7) is 0.